The van der Waals surface area contributed by atoms with Gasteiger partial charge in [0.25, 0.3) is 0 Å². The highest BCUT2D eigenvalue weighted by molar-refractivity contribution is 14.1. The molecule has 66 valence electrons. The highest BCUT2D eigenvalue weighted by atomic mass is 127. The summed E-state index contributed by atoms with van der Waals surface area (Å²) in [6.07, 6.45) is 3.83. The minimum atomic E-state index is 0.420. The first-order valence-electron chi connectivity index (χ1n) is 4.07. The molecule has 12 heavy (non-hydrogen) atoms. The van der Waals surface area contributed by atoms with Crippen molar-refractivity contribution in [1.29, 1.82) is 0 Å². The van der Waals surface area contributed by atoms with Crippen molar-refractivity contribution in [3.63, 3.8) is 0 Å². The smallest absolute Gasteiger partial charge is 0.130 e. The van der Waals surface area contributed by atoms with Gasteiger partial charge < -0.3 is 0 Å². The van der Waals surface area contributed by atoms with Gasteiger partial charge in [-0.05, 0) is 6.92 Å². The molecule has 0 bridgehead atoms. The molecule has 0 aliphatic carbocycles. The van der Waals surface area contributed by atoms with Crippen LogP contribution in [-0.2, 0) is 0 Å². The van der Waals surface area contributed by atoms with E-state index in [1.807, 2.05) is 12.4 Å². The van der Waals surface area contributed by atoms with Crippen molar-refractivity contribution < 1.29 is 0 Å². The number of rotatable bonds is 2. The summed E-state index contributed by atoms with van der Waals surface area (Å²) in [5, 5.41) is 0. The lowest BCUT2D eigenvalue weighted by Crippen LogP contribution is -1.98. The number of hydrogen-bond donors (Lipinski definition) is 0. The molecule has 0 fully saturated rings. The van der Waals surface area contributed by atoms with Gasteiger partial charge in [-0.25, -0.2) is 9.97 Å². The minimum Gasteiger partial charge on any atom is -0.241 e. The molecule has 0 N–H and O–H groups in total. The Labute approximate surface area is 87.0 Å². The predicted octanol–water partition coefficient (Wildman–Crippen LogP) is 3.10. The van der Waals surface area contributed by atoms with E-state index >= 15 is 0 Å². The van der Waals surface area contributed by atoms with Gasteiger partial charge in [0.2, 0.25) is 0 Å². The van der Waals surface area contributed by atoms with Gasteiger partial charge in [0.1, 0.15) is 5.82 Å². The van der Waals surface area contributed by atoms with Gasteiger partial charge in [-0.15, -0.1) is 0 Å². The van der Waals surface area contributed by atoms with Crippen LogP contribution in [0.5, 0.6) is 0 Å². The van der Waals surface area contributed by atoms with Gasteiger partial charge in [0.15, 0.2) is 0 Å². The van der Waals surface area contributed by atoms with Crippen molar-refractivity contribution in [3.05, 3.63) is 23.8 Å². The van der Waals surface area contributed by atoms with Gasteiger partial charge in [0, 0.05) is 27.8 Å². The molecule has 2 nitrogen and oxygen atoms in total. The van der Waals surface area contributed by atoms with Crippen LogP contribution in [0.25, 0.3) is 0 Å². The van der Waals surface area contributed by atoms with E-state index in [9.17, 15) is 0 Å². The fourth-order valence-corrected chi connectivity index (χ4v) is 1.17. The van der Waals surface area contributed by atoms with Crippen LogP contribution in [0.3, 0.4) is 0 Å². The van der Waals surface area contributed by atoms with Crippen molar-refractivity contribution in [3.8, 4) is 0 Å². The van der Waals surface area contributed by atoms with E-state index in [1.54, 1.807) is 0 Å². The van der Waals surface area contributed by atoms with Gasteiger partial charge in [-0.2, -0.15) is 0 Å². The maximum absolute atomic E-state index is 4.28. The number of hydrogen-bond acceptors (Lipinski definition) is 2. The van der Waals surface area contributed by atoms with Crippen LogP contribution >= 0.6 is 22.6 Å². The zero-order valence-corrected chi connectivity index (χ0v) is 9.74. The topological polar surface area (TPSA) is 25.8 Å². The molecule has 0 aliphatic heterocycles. The van der Waals surface area contributed by atoms with Crippen LogP contribution in [-0.4, -0.2) is 9.97 Å². The molecule has 0 aromatic carbocycles. The molecule has 0 aliphatic rings. The van der Waals surface area contributed by atoms with Gasteiger partial charge in [-0.1, -0.05) is 36.4 Å². The molecule has 3 heteroatoms. The summed E-state index contributed by atoms with van der Waals surface area (Å²) >= 11 is 2.36. The third-order valence-corrected chi connectivity index (χ3v) is 2.39. The van der Waals surface area contributed by atoms with E-state index in [4.69, 9.17) is 0 Å². The highest BCUT2D eigenvalue weighted by Crippen LogP contribution is 2.20. The van der Waals surface area contributed by atoms with Gasteiger partial charge >= 0.3 is 0 Å². The Morgan fingerprint density at radius 1 is 1.17 bits per heavy atom. The lowest BCUT2D eigenvalue weighted by atomic mass is 10.2. The van der Waals surface area contributed by atoms with E-state index in [1.165, 1.54) is 5.56 Å². The third-order valence-electron chi connectivity index (χ3n) is 1.67. The SMILES string of the molecule is CC(C)c1ncc(C(C)I)cn1. The lowest BCUT2D eigenvalue weighted by Gasteiger charge is -2.05. The summed E-state index contributed by atoms with van der Waals surface area (Å²) in [6, 6.07) is 0. The minimum absolute atomic E-state index is 0.420. The monoisotopic (exact) mass is 276 g/mol. The summed E-state index contributed by atoms with van der Waals surface area (Å²) in [4.78, 5) is 8.57. The highest BCUT2D eigenvalue weighted by Gasteiger charge is 2.04. The van der Waals surface area contributed by atoms with Crippen LogP contribution in [0.1, 0.15) is 42.0 Å². The van der Waals surface area contributed by atoms with Crippen molar-refractivity contribution in [2.45, 2.75) is 30.6 Å². The quantitative estimate of drug-likeness (QED) is 0.612. The summed E-state index contributed by atoms with van der Waals surface area (Å²) in [6.45, 7) is 6.33. The maximum atomic E-state index is 4.28. The molecule has 1 heterocycles. The molecular weight excluding hydrogens is 263 g/mol. The van der Waals surface area contributed by atoms with Crippen molar-refractivity contribution >= 4 is 22.6 Å². The molecule has 0 amide bonds. The second-order valence-corrected chi connectivity index (χ2v) is 5.01. The number of aromatic nitrogens is 2. The first-order valence-corrected chi connectivity index (χ1v) is 5.31. The molecule has 1 atom stereocenters. The molecule has 1 aromatic heterocycles. The number of alkyl halides is 1. The average molecular weight is 276 g/mol. The van der Waals surface area contributed by atoms with Crippen molar-refractivity contribution in [2.24, 2.45) is 0 Å². The predicted molar refractivity (Wildman–Crippen MR) is 58.6 cm³/mol. The van der Waals surface area contributed by atoms with Crippen LogP contribution in [0.15, 0.2) is 12.4 Å². The Balaban J connectivity index is 2.86. The second-order valence-electron chi connectivity index (χ2n) is 3.15. The first kappa shape index (κ1) is 9.89. The standard InChI is InChI=1S/C9H13IN2/c1-6(2)9-11-4-8(5-12-9)7(3)10/h4-7H,1-3H3. The summed E-state index contributed by atoms with van der Waals surface area (Å²) in [7, 11) is 0. The van der Waals surface area contributed by atoms with E-state index in [-0.39, 0.29) is 0 Å². The molecular formula is C9H13IN2. The van der Waals surface area contributed by atoms with E-state index in [0.717, 1.165) is 5.82 Å². The molecule has 0 spiro atoms. The average Bonchev–Trinajstić information content (AvgIpc) is 2.04. The zero-order valence-electron chi connectivity index (χ0n) is 7.58. The summed E-state index contributed by atoms with van der Waals surface area (Å²) in [5.41, 5.74) is 1.19. The molecule has 0 saturated heterocycles. The molecule has 1 unspecified atom stereocenters. The van der Waals surface area contributed by atoms with E-state index < -0.39 is 0 Å². The summed E-state index contributed by atoms with van der Waals surface area (Å²) < 4.78 is 0.490. The fourth-order valence-electron chi connectivity index (χ4n) is 0.852. The van der Waals surface area contributed by atoms with Crippen LogP contribution in [0.2, 0.25) is 0 Å². The van der Waals surface area contributed by atoms with Crippen LogP contribution in [0, 0.1) is 0 Å². The van der Waals surface area contributed by atoms with Gasteiger partial charge in [0.05, 0.1) is 0 Å². The van der Waals surface area contributed by atoms with Crippen LogP contribution in [0.4, 0.5) is 0 Å². The zero-order chi connectivity index (χ0) is 9.14. The Morgan fingerprint density at radius 2 is 1.67 bits per heavy atom. The Bertz CT molecular complexity index is 214. The van der Waals surface area contributed by atoms with Crippen molar-refractivity contribution in [1.82, 2.24) is 9.97 Å². The number of nitrogens with zero attached hydrogens (tertiary/aromatic N) is 2. The normalized spacial score (nSPS) is 13.4. The molecule has 0 saturated carbocycles. The number of halogens is 1. The fraction of sp³-hybridized carbons (Fsp3) is 0.556. The van der Waals surface area contributed by atoms with Crippen LogP contribution < -0.4 is 0 Å². The third kappa shape index (κ3) is 2.40. The Kier molecular flexibility index (Phi) is 3.43. The second kappa shape index (κ2) is 4.16. The Hall–Kier alpha value is -0.190. The largest absolute Gasteiger partial charge is 0.241 e. The van der Waals surface area contributed by atoms with Gasteiger partial charge in [-0.3, -0.25) is 0 Å². The summed E-state index contributed by atoms with van der Waals surface area (Å²) in [5.74, 6) is 1.35. The van der Waals surface area contributed by atoms with E-state index in [2.05, 4.69) is 53.3 Å². The first-order chi connectivity index (χ1) is 5.61. The molecule has 1 aromatic rings. The van der Waals surface area contributed by atoms with Crippen molar-refractivity contribution in [2.75, 3.05) is 0 Å². The van der Waals surface area contributed by atoms with E-state index in [0.29, 0.717) is 9.84 Å². The Morgan fingerprint density at radius 3 is 2.00 bits per heavy atom. The molecule has 1 rings (SSSR count). The lowest BCUT2D eigenvalue weighted by molar-refractivity contribution is 0.768. The molecule has 0 radical (unpaired) electrons. The maximum Gasteiger partial charge on any atom is 0.130 e.